The maximum atomic E-state index is 10.8. The number of hydrogen-bond acceptors (Lipinski definition) is 2. The van der Waals surface area contributed by atoms with E-state index in [0.29, 0.717) is 16.4 Å². The van der Waals surface area contributed by atoms with E-state index in [4.69, 9.17) is 16.7 Å². The molecule has 0 spiro atoms. The predicted molar refractivity (Wildman–Crippen MR) is 56.3 cm³/mol. The highest BCUT2D eigenvalue weighted by Gasteiger charge is 2.16. The summed E-state index contributed by atoms with van der Waals surface area (Å²) < 4.78 is 1.72. The maximum Gasteiger partial charge on any atom is 0.312 e. The average molecular weight is 225 g/mol. The molecule has 0 aliphatic rings. The van der Waals surface area contributed by atoms with Crippen molar-refractivity contribution in [2.45, 2.75) is 12.8 Å². The van der Waals surface area contributed by atoms with Crippen molar-refractivity contribution in [3.8, 4) is 0 Å². The number of nitrogens with zero attached hydrogens (tertiary/aromatic N) is 2. The number of aliphatic carboxylic acids is 1. The molecule has 2 heterocycles. The fourth-order valence-corrected chi connectivity index (χ4v) is 1.49. The molecule has 2 aromatic heterocycles. The van der Waals surface area contributed by atoms with Gasteiger partial charge in [-0.15, -0.1) is 0 Å². The van der Waals surface area contributed by atoms with Gasteiger partial charge in [-0.05, 0) is 19.1 Å². The zero-order valence-corrected chi connectivity index (χ0v) is 8.77. The van der Waals surface area contributed by atoms with Gasteiger partial charge in [-0.3, -0.25) is 4.79 Å². The monoisotopic (exact) mass is 224 g/mol. The molecule has 5 heteroatoms. The van der Waals surface area contributed by atoms with Crippen molar-refractivity contribution >= 4 is 23.2 Å². The quantitative estimate of drug-likeness (QED) is 0.851. The number of carboxylic acids is 1. The van der Waals surface area contributed by atoms with Crippen LogP contribution in [0.2, 0.25) is 5.02 Å². The summed E-state index contributed by atoms with van der Waals surface area (Å²) in [5.41, 5.74) is 1.23. The zero-order chi connectivity index (χ0) is 11.0. The van der Waals surface area contributed by atoms with E-state index in [1.54, 1.807) is 35.9 Å². The Kier molecular flexibility index (Phi) is 2.36. The highest BCUT2D eigenvalue weighted by atomic mass is 35.5. The molecule has 15 heavy (non-hydrogen) atoms. The van der Waals surface area contributed by atoms with Gasteiger partial charge in [-0.2, -0.15) is 0 Å². The summed E-state index contributed by atoms with van der Waals surface area (Å²) in [6, 6.07) is 3.47. The van der Waals surface area contributed by atoms with Crippen molar-refractivity contribution in [3.05, 3.63) is 35.2 Å². The number of pyridine rings is 1. The molecular formula is C10H9ClN2O2. The second kappa shape index (κ2) is 3.55. The number of carbonyl (C=O) groups is 1. The number of hydrogen-bond donors (Lipinski definition) is 1. The maximum absolute atomic E-state index is 10.8. The first-order valence-corrected chi connectivity index (χ1v) is 4.82. The van der Waals surface area contributed by atoms with Crippen LogP contribution in [0.4, 0.5) is 0 Å². The summed E-state index contributed by atoms with van der Waals surface area (Å²) in [6.07, 6.45) is 3.38. The number of carboxylic acid groups (broad SMARTS) is 1. The SMILES string of the molecule is CC(C(=O)O)c1cn2cc(Cl)ccc2n1. The Morgan fingerprint density at radius 3 is 2.93 bits per heavy atom. The van der Waals surface area contributed by atoms with Gasteiger partial charge in [0.2, 0.25) is 0 Å². The van der Waals surface area contributed by atoms with Crippen LogP contribution in [0.3, 0.4) is 0 Å². The first kappa shape index (κ1) is 9.98. The molecular weight excluding hydrogens is 216 g/mol. The molecule has 78 valence electrons. The Morgan fingerprint density at radius 2 is 2.27 bits per heavy atom. The van der Waals surface area contributed by atoms with Crippen LogP contribution >= 0.6 is 11.6 Å². The zero-order valence-electron chi connectivity index (χ0n) is 8.01. The second-order valence-electron chi connectivity index (χ2n) is 3.34. The number of imidazole rings is 1. The molecule has 1 unspecified atom stereocenters. The lowest BCUT2D eigenvalue weighted by atomic mass is 10.1. The van der Waals surface area contributed by atoms with Crippen molar-refractivity contribution in [3.63, 3.8) is 0 Å². The third kappa shape index (κ3) is 1.80. The van der Waals surface area contributed by atoms with Crippen LogP contribution in [0, 0.1) is 0 Å². The lowest BCUT2D eigenvalue weighted by Crippen LogP contribution is -2.07. The van der Waals surface area contributed by atoms with Gasteiger partial charge in [0.25, 0.3) is 0 Å². The molecule has 0 aromatic carbocycles. The third-order valence-corrected chi connectivity index (χ3v) is 2.47. The van der Waals surface area contributed by atoms with Crippen LogP contribution in [0.1, 0.15) is 18.5 Å². The van der Waals surface area contributed by atoms with Crippen molar-refractivity contribution in [2.75, 3.05) is 0 Å². The Morgan fingerprint density at radius 1 is 1.53 bits per heavy atom. The topological polar surface area (TPSA) is 54.6 Å². The average Bonchev–Trinajstić information content (AvgIpc) is 2.58. The summed E-state index contributed by atoms with van der Waals surface area (Å²) in [5.74, 6) is -1.49. The smallest absolute Gasteiger partial charge is 0.312 e. The van der Waals surface area contributed by atoms with Crippen molar-refractivity contribution in [1.29, 1.82) is 0 Å². The van der Waals surface area contributed by atoms with Crippen LogP contribution in [0.25, 0.3) is 5.65 Å². The number of aromatic nitrogens is 2. The van der Waals surface area contributed by atoms with E-state index in [2.05, 4.69) is 4.98 Å². The molecule has 0 saturated carbocycles. The minimum absolute atomic E-state index is 0.532. The van der Waals surface area contributed by atoms with E-state index in [-0.39, 0.29) is 0 Å². The molecule has 0 aliphatic heterocycles. The largest absolute Gasteiger partial charge is 0.481 e. The molecule has 2 rings (SSSR count). The van der Waals surface area contributed by atoms with Crippen molar-refractivity contribution in [1.82, 2.24) is 9.38 Å². The molecule has 1 atom stereocenters. The van der Waals surface area contributed by atoms with Crippen LogP contribution < -0.4 is 0 Å². The molecule has 0 saturated heterocycles. The third-order valence-electron chi connectivity index (χ3n) is 2.25. The fourth-order valence-electron chi connectivity index (χ4n) is 1.32. The summed E-state index contributed by atoms with van der Waals surface area (Å²) in [4.78, 5) is 15.0. The van der Waals surface area contributed by atoms with E-state index < -0.39 is 11.9 Å². The summed E-state index contributed by atoms with van der Waals surface area (Å²) in [5, 5.41) is 9.43. The van der Waals surface area contributed by atoms with Crippen molar-refractivity contribution < 1.29 is 9.90 Å². The number of fused-ring (bicyclic) bond motifs is 1. The van der Waals surface area contributed by atoms with E-state index in [0.717, 1.165) is 0 Å². The molecule has 4 nitrogen and oxygen atoms in total. The molecule has 0 aliphatic carbocycles. The van der Waals surface area contributed by atoms with E-state index in [9.17, 15) is 4.79 Å². The summed E-state index contributed by atoms with van der Waals surface area (Å²) in [7, 11) is 0. The van der Waals surface area contributed by atoms with E-state index in [1.807, 2.05) is 0 Å². The molecule has 0 radical (unpaired) electrons. The van der Waals surface area contributed by atoms with Gasteiger partial charge >= 0.3 is 5.97 Å². The second-order valence-corrected chi connectivity index (χ2v) is 3.77. The van der Waals surface area contributed by atoms with Gasteiger partial charge < -0.3 is 9.51 Å². The highest BCUT2D eigenvalue weighted by Crippen LogP contribution is 2.17. The fraction of sp³-hybridized carbons (Fsp3) is 0.200. The van der Waals surface area contributed by atoms with Gasteiger partial charge in [0.1, 0.15) is 5.65 Å². The minimum atomic E-state index is -0.885. The summed E-state index contributed by atoms with van der Waals surface area (Å²) >= 11 is 5.81. The van der Waals surface area contributed by atoms with E-state index in [1.165, 1.54) is 0 Å². The normalized spacial score (nSPS) is 12.9. The van der Waals surface area contributed by atoms with Gasteiger partial charge in [-0.25, -0.2) is 4.98 Å². The standard InChI is InChI=1S/C10H9ClN2O2/c1-6(10(14)15)8-5-13-4-7(11)2-3-9(13)12-8/h2-6H,1H3,(H,14,15). The minimum Gasteiger partial charge on any atom is -0.481 e. The van der Waals surface area contributed by atoms with Gasteiger partial charge in [0, 0.05) is 12.4 Å². The van der Waals surface area contributed by atoms with Crippen LogP contribution in [0.15, 0.2) is 24.5 Å². The Balaban J connectivity index is 2.51. The first-order chi connectivity index (χ1) is 7.08. The van der Waals surface area contributed by atoms with Crippen LogP contribution in [-0.2, 0) is 4.79 Å². The number of halogens is 1. The Hall–Kier alpha value is -1.55. The molecule has 0 fully saturated rings. The van der Waals surface area contributed by atoms with Gasteiger partial charge in [-0.1, -0.05) is 11.6 Å². The van der Waals surface area contributed by atoms with E-state index >= 15 is 0 Å². The van der Waals surface area contributed by atoms with Crippen LogP contribution in [-0.4, -0.2) is 20.5 Å². The first-order valence-electron chi connectivity index (χ1n) is 4.45. The Labute approximate surface area is 91.1 Å². The van der Waals surface area contributed by atoms with Gasteiger partial charge in [0.15, 0.2) is 0 Å². The summed E-state index contributed by atoms with van der Waals surface area (Å²) in [6.45, 7) is 1.60. The Bertz CT molecular complexity index is 521. The number of rotatable bonds is 2. The molecule has 1 N–H and O–H groups in total. The van der Waals surface area contributed by atoms with Crippen LogP contribution in [0.5, 0.6) is 0 Å². The lowest BCUT2D eigenvalue weighted by Gasteiger charge is -1.98. The van der Waals surface area contributed by atoms with Gasteiger partial charge in [0.05, 0.1) is 16.6 Å². The molecule has 0 bridgehead atoms. The predicted octanol–water partition coefficient (Wildman–Crippen LogP) is 2.18. The van der Waals surface area contributed by atoms with Crippen molar-refractivity contribution in [2.24, 2.45) is 0 Å². The lowest BCUT2D eigenvalue weighted by molar-refractivity contribution is -0.138. The molecule has 0 amide bonds. The highest BCUT2D eigenvalue weighted by molar-refractivity contribution is 6.30. The molecule has 2 aromatic rings.